The number of aromatic amines is 1. The number of aliphatic hydroxyl groups is 1. The molecule has 6 heteroatoms. The lowest BCUT2D eigenvalue weighted by Gasteiger charge is -2.16. The molecule has 5 N–H and O–H groups in total. The summed E-state index contributed by atoms with van der Waals surface area (Å²) < 4.78 is 0. The number of anilines is 1. The molecule has 1 aromatic carbocycles. The standard InChI is InChI=1S/C15H17N5O/c16-15-14-13(19-9-20-15)11(7-18-14)6-17-12(8-21)10-4-2-1-3-5-10/h1-5,7,9,12,17-18,21H,6,8H2,(H2,16,19,20). The summed E-state index contributed by atoms with van der Waals surface area (Å²) in [5.41, 5.74) is 9.39. The van der Waals surface area contributed by atoms with Gasteiger partial charge in [0.1, 0.15) is 11.8 Å². The van der Waals surface area contributed by atoms with E-state index in [0.29, 0.717) is 12.4 Å². The van der Waals surface area contributed by atoms with E-state index in [1.54, 1.807) is 0 Å². The van der Waals surface area contributed by atoms with Crippen LogP contribution in [0.1, 0.15) is 17.2 Å². The van der Waals surface area contributed by atoms with Crippen LogP contribution in [0.3, 0.4) is 0 Å². The third-order valence-electron chi connectivity index (χ3n) is 3.49. The van der Waals surface area contributed by atoms with Crippen LogP contribution in [0.2, 0.25) is 0 Å². The largest absolute Gasteiger partial charge is 0.394 e. The minimum Gasteiger partial charge on any atom is -0.394 e. The van der Waals surface area contributed by atoms with Gasteiger partial charge in [-0.1, -0.05) is 30.3 Å². The highest BCUT2D eigenvalue weighted by Crippen LogP contribution is 2.20. The molecule has 3 rings (SSSR count). The van der Waals surface area contributed by atoms with E-state index in [0.717, 1.165) is 22.2 Å². The highest BCUT2D eigenvalue weighted by molar-refractivity contribution is 5.86. The van der Waals surface area contributed by atoms with Crippen LogP contribution in [0.4, 0.5) is 5.82 Å². The molecule has 0 fully saturated rings. The number of aliphatic hydroxyl groups excluding tert-OH is 1. The number of hydrogen-bond acceptors (Lipinski definition) is 5. The van der Waals surface area contributed by atoms with Crippen molar-refractivity contribution in [1.82, 2.24) is 20.3 Å². The predicted octanol–water partition coefficient (Wildman–Crippen LogP) is 1.36. The SMILES string of the molecule is Nc1ncnc2c(CNC(CO)c3ccccc3)c[nH]c12. The van der Waals surface area contributed by atoms with E-state index in [1.165, 1.54) is 6.33 Å². The molecule has 0 saturated carbocycles. The Balaban J connectivity index is 1.78. The topological polar surface area (TPSA) is 99.8 Å². The summed E-state index contributed by atoms with van der Waals surface area (Å²) in [6, 6.07) is 9.73. The Morgan fingerprint density at radius 2 is 2.05 bits per heavy atom. The van der Waals surface area contributed by atoms with Gasteiger partial charge in [-0.25, -0.2) is 9.97 Å². The number of hydrogen-bond donors (Lipinski definition) is 4. The molecule has 0 amide bonds. The lowest BCUT2D eigenvalue weighted by atomic mass is 10.1. The van der Waals surface area contributed by atoms with E-state index in [9.17, 15) is 5.11 Å². The van der Waals surface area contributed by atoms with Gasteiger partial charge in [0.2, 0.25) is 0 Å². The Labute approximate surface area is 122 Å². The molecule has 1 atom stereocenters. The Kier molecular flexibility index (Phi) is 3.81. The van der Waals surface area contributed by atoms with Crippen LogP contribution in [0.25, 0.3) is 11.0 Å². The van der Waals surface area contributed by atoms with Crippen LogP contribution < -0.4 is 11.1 Å². The highest BCUT2D eigenvalue weighted by atomic mass is 16.3. The molecule has 0 bridgehead atoms. The van der Waals surface area contributed by atoms with Gasteiger partial charge in [-0.15, -0.1) is 0 Å². The first kappa shape index (κ1) is 13.5. The van der Waals surface area contributed by atoms with Gasteiger partial charge in [0.15, 0.2) is 5.82 Å². The molecule has 0 spiro atoms. The number of rotatable bonds is 5. The number of nitrogens with one attached hydrogen (secondary N) is 2. The van der Waals surface area contributed by atoms with E-state index in [1.807, 2.05) is 36.5 Å². The second kappa shape index (κ2) is 5.90. The molecule has 0 aliphatic rings. The monoisotopic (exact) mass is 283 g/mol. The zero-order valence-corrected chi connectivity index (χ0v) is 11.5. The lowest BCUT2D eigenvalue weighted by molar-refractivity contribution is 0.244. The van der Waals surface area contributed by atoms with Gasteiger partial charge in [0.05, 0.1) is 18.2 Å². The molecule has 1 unspecified atom stereocenters. The van der Waals surface area contributed by atoms with Gasteiger partial charge in [0, 0.05) is 18.3 Å². The van der Waals surface area contributed by atoms with Gasteiger partial charge in [-0.3, -0.25) is 0 Å². The van der Waals surface area contributed by atoms with E-state index in [-0.39, 0.29) is 12.6 Å². The summed E-state index contributed by atoms with van der Waals surface area (Å²) in [7, 11) is 0. The molecular formula is C15H17N5O. The van der Waals surface area contributed by atoms with Crippen LogP contribution in [-0.4, -0.2) is 26.7 Å². The van der Waals surface area contributed by atoms with Crippen molar-refractivity contribution < 1.29 is 5.11 Å². The van der Waals surface area contributed by atoms with Crippen molar-refractivity contribution >= 4 is 16.9 Å². The Morgan fingerprint density at radius 3 is 2.81 bits per heavy atom. The Hall–Kier alpha value is -2.44. The summed E-state index contributed by atoms with van der Waals surface area (Å²) >= 11 is 0. The van der Waals surface area contributed by atoms with Crippen molar-refractivity contribution in [3.05, 3.63) is 54.0 Å². The molecule has 108 valence electrons. The van der Waals surface area contributed by atoms with E-state index < -0.39 is 0 Å². The first-order valence-electron chi connectivity index (χ1n) is 6.75. The van der Waals surface area contributed by atoms with E-state index in [4.69, 9.17) is 5.73 Å². The van der Waals surface area contributed by atoms with Crippen molar-refractivity contribution in [2.75, 3.05) is 12.3 Å². The van der Waals surface area contributed by atoms with Crippen molar-refractivity contribution in [3.8, 4) is 0 Å². The Bertz CT molecular complexity index is 725. The maximum Gasteiger partial charge on any atom is 0.151 e. The minimum absolute atomic E-state index is 0.0312. The van der Waals surface area contributed by atoms with Crippen molar-refractivity contribution in [2.24, 2.45) is 0 Å². The molecule has 2 aromatic heterocycles. The van der Waals surface area contributed by atoms with Gasteiger partial charge in [0.25, 0.3) is 0 Å². The molecule has 0 aliphatic heterocycles. The number of H-pyrrole nitrogens is 1. The van der Waals surface area contributed by atoms with Gasteiger partial charge >= 0.3 is 0 Å². The molecule has 0 aliphatic carbocycles. The summed E-state index contributed by atoms with van der Waals surface area (Å²) in [4.78, 5) is 11.3. The number of nitrogen functional groups attached to an aromatic ring is 1. The first-order valence-corrected chi connectivity index (χ1v) is 6.75. The average Bonchev–Trinajstić information content (AvgIpc) is 2.94. The highest BCUT2D eigenvalue weighted by Gasteiger charge is 2.12. The number of benzene rings is 1. The Morgan fingerprint density at radius 1 is 1.24 bits per heavy atom. The van der Waals surface area contributed by atoms with E-state index in [2.05, 4.69) is 20.3 Å². The molecular weight excluding hydrogens is 266 g/mol. The van der Waals surface area contributed by atoms with Gasteiger partial charge in [-0.2, -0.15) is 0 Å². The van der Waals surface area contributed by atoms with E-state index >= 15 is 0 Å². The summed E-state index contributed by atoms with van der Waals surface area (Å²) in [5, 5.41) is 12.9. The van der Waals surface area contributed by atoms with Crippen LogP contribution in [0.15, 0.2) is 42.9 Å². The zero-order chi connectivity index (χ0) is 14.7. The van der Waals surface area contributed by atoms with Crippen molar-refractivity contribution in [2.45, 2.75) is 12.6 Å². The molecule has 0 saturated heterocycles. The molecule has 21 heavy (non-hydrogen) atoms. The maximum atomic E-state index is 9.55. The smallest absolute Gasteiger partial charge is 0.151 e. The van der Waals surface area contributed by atoms with Crippen molar-refractivity contribution in [3.63, 3.8) is 0 Å². The fourth-order valence-corrected chi connectivity index (χ4v) is 2.35. The number of nitrogens with two attached hydrogens (primary N) is 1. The summed E-state index contributed by atoms with van der Waals surface area (Å²) in [6.45, 7) is 0.611. The number of nitrogens with zero attached hydrogens (tertiary/aromatic N) is 2. The van der Waals surface area contributed by atoms with Gasteiger partial charge < -0.3 is 21.1 Å². The summed E-state index contributed by atoms with van der Waals surface area (Å²) in [6.07, 6.45) is 3.32. The minimum atomic E-state index is -0.115. The first-order chi connectivity index (χ1) is 10.3. The maximum absolute atomic E-state index is 9.55. The quantitative estimate of drug-likeness (QED) is 0.566. The molecule has 0 radical (unpaired) electrons. The zero-order valence-electron chi connectivity index (χ0n) is 11.5. The average molecular weight is 283 g/mol. The normalized spacial score (nSPS) is 12.6. The lowest BCUT2D eigenvalue weighted by Crippen LogP contribution is -2.23. The fourth-order valence-electron chi connectivity index (χ4n) is 2.35. The van der Waals surface area contributed by atoms with Crippen LogP contribution in [-0.2, 0) is 6.54 Å². The molecule has 3 aromatic rings. The third-order valence-corrected chi connectivity index (χ3v) is 3.49. The second-order valence-electron chi connectivity index (χ2n) is 4.82. The number of fused-ring (bicyclic) bond motifs is 1. The molecule has 6 nitrogen and oxygen atoms in total. The number of aromatic nitrogens is 3. The second-order valence-corrected chi connectivity index (χ2v) is 4.82. The summed E-state index contributed by atoms with van der Waals surface area (Å²) in [5.74, 6) is 0.438. The fraction of sp³-hybridized carbons (Fsp3) is 0.200. The van der Waals surface area contributed by atoms with Crippen LogP contribution in [0, 0.1) is 0 Å². The molecule has 2 heterocycles. The predicted molar refractivity (Wildman–Crippen MR) is 81.4 cm³/mol. The van der Waals surface area contributed by atoms with Crippen LogP contribution >= 0.6 is 0 Å². The van der Waals surface area contributed by atoms with Crippen molar-refractivity contribution in [1.29, 1.82) is 0 Å². The van der Waals surface area contributed by atoms with Crippen LogP contribution in [0.5, 0.6) is 0 Å². The van der Waals surface area contributed by atoms with Gasteiger partial charge in [-0.05, 0) is 5.56 Å². The third kappa shape index (κ3) is 2.72.